The molecule has 2 aromatic heterocycles. The molecule has 6 rings (SSSR count). The second kappa shape index (κ2) is 10.8. The van der Waals surface area contributed by atoms with E-state index in [1.54, 1.807) is 10.9 Å². The third-order valence-electron chi connectivity index (χ3n) is 7.15. The Kier molecular flexibility index (Phi) is 6.91. The van der Waals surface area contributed by atoms with Gasteiger partial charge < -0.3 is 24.8 Å². The first-order valence-corrected chi connectivity index (χ1v) is 13.1. The Morgan fingerprint density at radius 3 is 3.00 bits per heavy atom. The second-order valence-corrected chi connectivity index (χ2v) is 10.1. The number of benzene rings is 1. The number of aryl methyl sites for hydroxylation is 1. The number of hydrogen-bond donors (Lipinski definition) is 2. The van der Waals surface area contributed by atoms with E-state index in [2.05, 4.69) is 31.8 Å². The minimum atomic E-state index is -0.501. The van der Waals surface area contributed by atoms with E-state index in [9.17, 15) is 14.9 Å². The summed E-state index contributed by atoms with van der Waals surface area (Å²) in [5, 5.41) is 20.0. The van der Waals surface area contributed by atoms with Crippen molar-refractivity contribution in [3.63, 3.8) is 0 Å². The standard InChI is InChI=1S/C27H28N8O5/c1-34-12-17(10-31-34)14-38-21-6-18-4-16(5-22(18)19(7-21)8-28)9-29-3-2-20-13-35(27(37)40-20)23-11-30-26-25(32-23)33-24(36)15-39-26/h6-7,10-12,16,20,29H,2-5,9,13-15H2,1H3,(H,32,33,36). The number of fused-ring (bicyclic) bond motifs is 2. The van der Waals surface area contributed by atoms with E-state index in [4.69, 9.17) is 14.2 Å². The molecule has 13 nitrogen and oxygen atoms in total. The van der Waals surface area contributed by atoms with Crippen molar-refractivity contribution in [3.05, 3.63) is 53.0 Å². The van der Waals surface area contributed by atoms with Crippen molar-refractivity contribution in [2.75, 3.05) is 36.5 Å². The number of cyclic esters (lactones) is 1. The van der Waals surface area contributed by atoms with Gasteiger partial charge in [-0.3, -0.25) is 14.4 Å². The summed E-state index contributed by atoms with van der Waals surface area (Å²) in [5.41, 5.74) is 3.88. The summed E-state index contributed by atoms with van der Waals surface area (Å²) < 4.78 is 18.4. The Morgan fingerprint density at radius 1 is 1.27 bits per heavy atom. The molecule has 2 N–H and O–H groups in total. The average molecular weight is 545 g/mol. The van der Waals surface area contributed by atoms with Gasteiger partial charge in [0.05, 0.1) is 30.6 Å². The molecule has 3 aromatic rings. The number of carbonyl (C=O) groups is 2. The Labute approximate surface area is 230 Å². The highest BCUT2D eigenvalue weighted by Gasteiger charge is 2.34. The van der Waals surface area contributed by atoms with E-state index >= 15 is 0 Å². The van der Waals surface area contributed by atoms with Crippen LogP contribution in [0.25, 0.3) is 0 Å². The third-order valence-corrected chi connectivity index (χ3v) is 7.15. The summed E-state index contributed by atoms with van der Waals surface area (Å²) in [6, 6.07) is 6.19. The lowest BCUT2D eigenvalue weighted by Gasteiger charge is -2.18. The number of hydrogen-bond acceptors (Lipinski definition) is 10. The molecule has 0 radical (unpaired) electrons. The van der Waals surface area contributed by atoms with Gasteiger partial charge in [0.2, 0.25) is 0 Å². The maximum atomic E-state index is 12.5. The quantitative estimate of drug-likeness (QED) is 0.380. The zero-order chi connectivity index (χ0) is 27.6. The first-order chi connectivity index (χ1) is 19.4. The molecule has 3 aliphatic rings. The molecule has 2 atom stereocenters. The highest BCUT2D eigenvalue weighted by molar-refractivity contribution is 5.94. The van der Waals surface area contributed by atoms with E-state index in [1.165, 1.54) is 11.1 Å². The number of aromatic nitrogens is 4. The fourth-order valence-electron chi connectivity index (χ4n) is 5.25. The van der Waals surface area contributed by atoms with Gasteiger partial charge in [-0.25, -0.2) is 14.8 Å². The highest BCUT2D eigenvalue weighted by Crippen LogP contribution is 2.33. The molecule has 13 heteroatoms. The third kappa shape index (κ3) is 5.39. The molecule has 4 heterocycles. The van der Waals surface area contributed by atoms with Gasteiger partial charge in [-0.2, -0.15) is 10.4 Å². The largest absolute Gasteiger partial charge is 0.489 e. The lowest BCUT2D eigenvalue weighted by atomic mass is 10.0. The summed E-state index contributed by atoms with van der Waals surface area (Å²) in [5.74, 6) is 1.44. The van der Waals surface area contributed by atoms with Crippen LogP contribution in [0.4, 0.5) is 16.4 Å². The van der Waals surface area contributed by atoms with Crippen molar-refractivity contribution in [3.8, 4) is 17.7 Å². The number of nitrogens with one attached hydrogen (secondary N) is 2. The Hall–Kier alpha value is -4.70. The van der Waals surface area contributed by atoms with Gasteiger partial charge in [-0.15, -0.1) is 0 Å². The molecule has 0 bridgehead atoms. The number of amides is 2. The molecular weight excluding hydrogens is 516 g/mol. The van der Waals surface area contributed by atoms with Crippen LogP contribution in [0.5, 0.6) is 11.6 Å². The fraction of sp³-hybridized carbons (Fsp3) is 0.407. The molecule has 40 heavy (non-hydrogen) atoms. The molecule has 2 amide bonds. The lowest BCUT2D eigenvalue weighted by Crippen LogP contribution is -2.30. The summed E-state index contributed by atoms with van der Waals surface area (Å²) in [6.07, 6.45) is 6.64. The smallest absolute Gasteiger partial charge is 0.415 e. The summed E-state index contributed by atoms with van der Waals surface area (Å²) >= 11 is 0. The number of anilines is 2. The van der Waals surface area contributed by atoms with Gasteiger partial charge in [0, 0.05) is 18.8 Å². The number of nitrogens with zero attached hydrogens (tertiary/aromatic N) is 6. The lowest BCUT2D eigenvalue weighted by molar-refractivity contribution is -0.118. The Morgan fingerprint density at radius 2 is 2.17 bits per heavy atom. The Balaban J connectivity index is 0.979. The van der Waals surface area contributed by atoms with Crippen LogP contribution in [0, 0.1) is 17.2 Å². The van der Waals surface area contributed by atoms with Crippen molar-refractivity contribution in [1.29, 1.82) is 5.26 Å². The molecule has 0 spiro atoms. The summed E-state index contributed by atoms with van der Waals surface area (Å²) in [7, 11) is 1.86. The minimum absolute atomic E-state index is 0.114. The van der Waals surface area contributed by atoms with Crippen molar-refractivity contribution in [1.82, 2.24) is 25.1 Å². The van der Waals surface area contributed by atoms with Crippen molar-refractivity contribution >= 4 is 23.6 Å². The van der Waals surface area contributed by atoms with Gasteiger partial charge in [0.25, 0.3) is 11.8 Å². The van der Waals surface area contributed by atoms with Crippen LogP contribution in [0.2, 0.25) is 0 Å². The molecule has 2 aliphatic heterocycles. The normalized spacial score (nSPS) is 19.4. The molecular formula is C27H28N8O5. The fourth-order valence-corrected chi connectivity index (χ4v) is 5.25. The topological polar surface area (TPSA) is 157 Å². The van der Waals surface area contributed by atoms with Gasteiger partial charge in [-0.05, 0) is 61.5 Å². The van der Waals surface area contributed by atoms with Crippen LogP contribution in [0.3, 0.4) is 0 Å². The SMILES string of the molecule is Cn1cc(COc2cc(C#N)c3c(c2)CC(CNCCC2CN(c4cnc5c(n4)NC(=O)CO5)C(=O)O2)C3)cn1. The van der Waals surface area contributed by atoms with Gasteiger partial charge >= 0.3 is 6.09 Å². The molecule has 0 saturated carbocycles. The monoisotopic (exact) mass is 544 g/mol. The number of nitriles is 1. The molecule has 1 aliphatic carbocycles. The number of rotatable bonds is 9. The highest BCUT2D eigenvalue weighted by atomic mass is 16.6. The van der Waals surface area contributed by atoms with Crippen LogP contribution in [-0.4, -0.2) is 64.1 Å². The average Bonchev–Trinajstić information content (AvgIpc) is 3.66. The number of ether oxygens (including phenoxy) is 3. The summed E-state index contributed by atoms with van der Waals surface area (Å²) in [6.45, 7) is 2.08. The van der Waals surface area contributed by atoms with Crippen LogP contribution in [0.15, 0.2) is 30.7 Å². The first-order valence-electron chi connectivity index (χ1n) is 13.1. The molecule has 2 unspecified atom stereocenters. The molecule has 1 aromatic carbocycles. The predicted molar refractivity (Wildman–Crippen MR) is 141 cm³/mol. The van der Waals surface area contributed by atoms with Crippen LogP contribution in [0.1, 0.15) is 28.7 Å². The number of carbonyl (C=O) groups excluding carboxylic acids is 2. The minimum Gasteiger partial charge on any atom is -0.489 e. The van der Waals surface area contributed by atoms with Gasteiger partial charge in [0.1, 0.15) is 18.5 Å². The molecule has 1 saturated heterocycles. The predicted octanol–water partition coefficient (Wildman–Crippen LogP) is 1.71. The molecule has 206 valence electrons. The van der Waals surface area contributed by atoms with Gasteiger partial charge in [0.15, 0.2) is 18.2 Å². The van der Waals surface area contributed by atoms with E-state index < -0.39 is 6.09 Å². The van der Waals surface area contributed by atoms with E-state index in [0.717, 1.165) is 36.1 Å². The summed E-state index contributed by atoms with van der Waals surface area (Å²) in [4.78, 5) is 33.9. The van der Waals surface area contributed by atoms with Crippen LogP contribution in [-0.2, 0) is 36.0 Å². The van der Waals surface area contributed by atoms with Gasteiger partial charge in [-0.1, -0.05) is 0 Å². The van der Waals surface area contributed by atoms with E-state index in [1.807, 2.05) is 25.4 Å². The van der Waals surface area contributed by atoms with E-state index in [0.29, 0.717) is 49.2 Å². The maximum Gasteiger partial charge on any atom is 0.415 e. The van der Waals surface area contributed by atoms with Crippen molar-refractivity contribution in [2.45, 2.75) is 32.0 Å². The zero-order valence-corrected chi connectivity index (χ0v) is 21.9. The van der Waals surface area contributed by atoms with Crippen molar-refractivity contribution in [2.24, 2.45) is 13.0 Å². The van der Waals surface area contributed by atoms with Crippen molar-refractivity contribution < 1.29 is 23.8 Å². The first kappa shape index (κ1) is 25.6. The molecule has 1 fully saturated rings. The van der Waals surface area contributed by atoms with Crippen LogP contribution >= 0.6 is 0 Å². The zero-order valence-electron chi connectivity index (χ0n) is 21.9. The second-order valence-electron chi connectivity index (χ2n) is 10.1. The van der Waals surface area contributed by atoms with Crippen LogP contribution < -0.4 is 25.0 Å². The Bertz CT molecular complexity index is 1500. The van der Waals surface area contributed by atoms with E-state index in [-0.39, 0.29) is 30.3 Å². The maximum absolute atomic E-state index is 12.5.